The largest absolute Gasteiger partial charge is 0.389 e. The number of hydrogen-bond acceptors (Lipinski definition) is 3. The number of carbonyl (C=O) groups excluding carboxylic acids is 1. The standard InChI is InChI=1S/C13H28N2O2/c1-7-9-11(14(5)6)12(16)15(8-2)10-13(3,4)17/h11,17H,7-10H2,1-6H3. The van der Waals surface area contributed by atoms with Crippen LogP contribution in [-0.4, -0.2) is 59.6 Å². The lowest BCUT2D eigenvalue weighted by molar-refractivity contribution is -0.139. The molecule has 0 saturated carbocycles. The number of aliphatic hydroxyl groups is 1. The molecule has 0 aliphatic rings. The van der Waals surface area contributed by atoms with Crippen LogP contribution in [0, 0.1) is 0 Å². The van der Waals surface area contributed by atoms with E-state index in [2.05, 4.69) is 6.92 Å². The van der Waals surface area contributed by atoms with E-state index in [0.29, 0.717) is 13.1 Å². The van der Waals surface area contributed by atoms with Crippen molar-refractivity contribution in [3.05, 3.63) is 0 Å². The highest BCUT2D eigenvalue weighted by Gasteiger charge is 2.27. The number of likely N-dealkylation sites (N-methyl/N-ethyl adjacent to an activating group) is 2. The lowest BCUT2D eigenvalue weighted by Crippen LogP contribution is -2.50. The molecule has 0 spiro atoms. The van der Waals surface area contributed by atoms with Crippen molar-refractivity contribution < 1.29 is 9.90 Å². The van der Waals surface area contributed by atoms with Crippen molar-refractivity contribution in [3.63, 3.8) is 0 Å². The Bertz CT molecular complexity index is 234. The predicted molar refractivity (Wildman–Crippen MR) is 70.9 cm³/mol. The lowest BCUT2D eigenvalue weighted by atomic mass is 10.1. The van der Waals surface area contributed by atoms with E-state index in [1.54, 1.807) is 18.7 Å². The molecule has 0 aliphatic carbocycles. The second-order valence-electron chi connectivity index (χ2n) is 5.43. The molecular weight excluding hydrogens is 216 g/mol. The summed E-state index contributed by atoms with van der Waals surface area (Å²) in [6.45, 7) is 8.51. The number of rotatable bonds is 7. The first-order valence-electron chi connectivity index (χ1n) is 6.40. The molecule has 102 valence electrons. The van der Waals surface area contributed by atoms with Gasteiger partial charge in [0.2, 0.25) is 5.91 Å². The molecule has 0 rings (SSSR count). The van der Waals surface area contributed by atoms with Crippen LogP contribution in [0.25, 0.3) is 0 Å². The molecule has 1 N–H and O–H groups in total. The summed E-state index contributed by atoms with van der Waals surface area (Å²) in [6, 6.07) is -0.0812. The van der Waals surface area contributed by atoms with Crippen LogP contribution in [0.3, 0.4) is 0 Å². The summed E-state index contributed by atoms with van der Waals surface area (Å²) in [5.41, 5.74) is -0.839. The minimum Gasteiger partial charge on any atom is -0.389 e. The molecule has 0 saturated heterocycles. The van der Waals surface area contributed by atoms with Gasteiger partial charge in [-0.2, -0.15) is 0 Å². The summed E-state index contributed by atoms with van der Waals surface area (Å²) < 4.78 is 0. The molecule has 17 heavy (non-hydrogen) atoms. The zero-order valence-corrected chi connectivity index (χ0v) is 12.2. The van der Waals surface area contributed by atoms with E-state index in [1.807, 2.05) is 25.9 Å². The van der Waals surface area contributed by atoms with Gasteiger partial charge in [-0.25, -0.2) is 0 Å². The summed E-state index contributed by atoms with van der Waals surface area (Å²) >= 11 is 0. The predicted octanol–water partition coefficient (Wildman–Crippen LogP) is 1.34. The highest BCUT2D eigenvalue weighted by atomic mass is 16.3. The molecule has 0 aromatic heterocycles. The molecule has 1 amide bonds. The minimum atomic E-state index is -0.839. The van der Waals surface area contributed by atoms with Gasteiger partial charge in [0.25, 0.3) is 0 Å². The number of amides is 1. The van der Waals surface area contributed by atoms with Crippen LogP contribution in [0.5, 0.6) is 0 Å². The summed E-state index contributed by atoms with van der Waals surface area (Å²) in [7, 11) is 3.85. The smallest absolute Gasteiger partial charge is 0.239 e. The van der Waals surface area contributed by atoms with Gasteiger partial charge < -0.3 is 10.0 Å². The second-order valence-corrected chi connectivity index (χ2v) is 5.43. The van der Waals surface area contributed by atoms with Crippen molar-refractivity contribution in [2.24, 2.45) is 0 Å². The zero-order chi connectivity index (χ0) is 13.6. The van der Waals surface area contributed by atoms with Crippen molar-refractivity contribution >= 4 is 5.91 Å². The monoisotopic (exact) mass is 244 g/mol. The number of nitrogens with zero attached hydrogens (tertiary/aromatic N) is 2. The Labute approximate surface area is 106 Å². The van der Waals surface area contributed by atoms with Gasteiger partial charge in [-0.3, -0.25) is 9.69 Å². The zero-order valence-electron chi connectivity index (χ0n) is 12.2. The van der Waals surface area contributed by atoms with Crippen molar-refractivity contribution in [1.29, 1.82) is 0 Å². The molecule has 0 aliphatic heterocycles. The molecule has 0 aromatic carbocycles. The van der Waals surface area contributed by atoms with E-state index >= 15 is 0 Å². The maximum Gasteiger partial charge on any atom is 0.239 e. The first kappa shape index (κ1) is 16.4. The van der Waals surface area contributed by atoms with E-state index in [0.717, 1.165) is 12.8 Å². The molecule has 1 unspecified atom stereocenters. The van der Waals surface area contributed by atoms with Crippen LogP contribution in [0.4, 0.5) is 0 Å². The second kappa shape index (κ2) is 6.97. The molecule has 4 heteroatoms. The molecule has 0 heterocycles. The summed E-state index contributed by atoms with van der Waals surface area (Å²) in [5, 5.41) is 9.81. The van der Waals surface area contributed by atoms with E-state index < -0.39 is 5.60 Å². The Morgan fingerprint density at radius 1 is 1.29 bits per heavy atom. The van der Waals surface area contributed by atoms with Crippen LogP contribution >= 0.6 is 0 Å². The first-order chi connectivity index (χ1) is 7.72. The molecule has 0 fully saturated rings. The van der Waals surface area contributed by atoms with Gasteiger partial charge in [0.05, 0.1) is 11.6 Å². The van der Waals surface area contributed by atoms with Crippen molar-refractivity contribution in [2.45, 2.75) is 52.2 Å². The Balaban J connectivity index is 4.70. The van der Waals surface area contributed by atoms with Gasteiger partial charge in [-0.1, -0.05) is 13.3 Å². The minimum absolute atomic E-state index is 0.0812. The fourth-order valence-corrected chi connectivity index (χ4v) is 1.90. The molecule has 0 aromatic rings. The van der Waals surface area contributed by atoms with E-state index in [4.69, 9.17) is 0 Å². The Morgan fingerprint density at radius 3 is 2.12 bits per heavy atom. The van der Waals surface area contributed by atoms with Crippen LogP contribution in [-0.2, 0) is 4.79 Å². The molecule has 4 nitrogen and oxygen atoms in total. The maximum absolute atomic E-state index is 12.4. The third kappa shape index (κ3) is 6.03. The fraction of sp³-hybridized carbons (Fsp3) is 0.923. The molecular formula is C13H28N2O2. The number of carbonyl (C=O) groups is 1. The molecule has 0 bridgehead atoms. The lowest BCUT2D eigenvalue weighted by Gasteiger charge is -2.33. The van der Waals surface area contributed by atoms with E-state index in [9.17, 15) is 9.90 Å². The van der Waals surface area contributed by atoms with Crippen LogP contribution in [0.1, 0.15) is 40.5 Å². The van der Waals surface area contributed by atoms with Crippen molar-refractivity contribution in [1.82, 2.24) is 9.80 Å². The van der Waals surface area contributed by atoms with Crippen LogP contribution in [0.15, 0.2) is 0 Å². The summed E-state index contributed by atoms with van der Waals surface area (Å²) in [4.78, 5) is 16.1. The first-order valence-corrected chi connectivity index (χ1v) is 6.40. The highest BCUT2D eigenvalue weighted by Crippen LogP contribution is 2.11. The van der Waals surface area contributed by atoms with Gasteiger partial charge in [0.15, 0.2) is 0 Å². The van der Waals surface area contributed by atoms with Crippen LogP contribution < -0.4 is 0 Å². The SMILES string of the molecule is CCCC(C(=O)N(CC)CC(C)(C)O)N(C)C. The topological polar surface area (TPSA) is 43.8 Å². The normalized spacial score (nSPS) is 13.9. The summed E-state index contributed by atoms with van der Waals surface area (Å²) in [6.07, 6.45) is 1.84. The third-order valence-electron chi connectivity index (χ3n) is 2.74. The third-order valence-corrected chi connectivity index (χ3v) is 2.74. The van der Waals surface area contributed by atoms with Gasteiger partial charge in [0, 0.05) is 13.1 Å². The molecule has 0 radical (unpaired) electrons. The molecule has 1 atom stereocenters. The Hall–Kier alpha value is -0.610. The highest BCUT2D eigenvalue weighted by molar-refractivity contribution is 5.81. The van der Waals surface area contributed by atoms with E-state index in [-0.39, 0.29) is 11.9 Å². The Kier molecular flexibility index (Phi) is 6.72. The van der Waals surface area contributed by atoms with Crippen LogP contribution in [0.2, 0.25) is 0 Å². The maximum atomic E-state index is 12.4. The quantitative estimate of drug-likeness (QED) is 0.735. The summed E-state index contributed by atoms with van der Waals surface area (Å²) in [5.74, 6) is 0.112. The van der Waals surface area contributed by atoms with Crippen molar-refractivity contribution in [3.8, 4) is 0 Å². The average molecular weight is 244 g/mol. The van der Waals surface area contributed by atoms with Crippen molar-refractivity contribution in [2.75, 3.05) is 27.2 Å². The Morgan fingerprint density at radius 2 is 1.82 bits per heavy atom. The average Bonchev–Trinajstić information content (AvgIpc) is 2.19. The van der Waals surface area contributed by atoms with Gasteiger partial charge in [-0.05, 0) is 41.3 Å². The fourth-order valence-electron chi connectivity index (χ4n) is 1.90. The van der Waals surface area contributed by atoms with Gasteiger partial charge >= 0.3 is 0 Å². The van der Waals surface area contributed by atoms with E-state index in [1.165, 1.54) is 0 Å². The van der Waals surface area contributed by atoms with Gasteiger partial charge in [-0.15, -0.1) is 0 Å². The number of hydrogen-bond donors (Lipinski definition) is 1. The van der Waals surface area contributed by atoms with Gasteiger partial charge in [0.1, 0.15) is 0 Å².